The Morgan fingerprint density at radius 2 is 1.03 bits per heavy atom. The van der Waals surface area contributed by atoms with Gasteiger partial charge < -0.3 is 30.2 Å². The Bertz CT molecular complexity index is 2330. The fraction of sp³-hybridized carbons (Fsp3) is 0.516. The molecule has 0 aromatic heterocycles. The Labute approximate surface area is 442 Å². The van der Waals surface area contributed by atoms with Crippen molar-refractivity contribution in [1.29, 1.82) is 0 Å². The fourth-order valence-corrected chi connectivity index (χ4v) is 10.2. The predicted octanol–water partition coefficient (Wildman–Crippen LogP) is 9.28. The molecule has 2 fully saturated rings. The number of hydrogen-bond acceptors (Lipinski definition) is 7. The number of nitrogens with zero attached hydrogens (tertiary/aromatic N) is 4. The number of Topliss-reactive ketones (excluding diaryl/α,β-unsaturated/α-hetero) is 1. The molecular formula is C62H84N6O6. The van der Waals surface area contributed by atoms with Gasteiger partial charge in [-0.05, 0) is 103 Å². The van der Waals surface area contributed by atoms with Crippen LogP contribution in [0, 0.1) is 22.7 Å². The average molecular weight is 1010 g/mol. The van der Waals surface area contributed by atoms with Crippen LogP contribution in [0.1, 0.15) is 123 Å². The van der Waals surface area contributed by atoms with Gasteiger partial charge in [0.15, 0.2) is 0 Å². The van der Waals surface area contributed by atoms with Gasteiger partial charge in [0.25, 0.3) is 0 Å². The standard InChI is InChI=1S/C62H84N6O6/c1-11-43(2)56(70)64-55(62(7,8)9)60(74)68-37-19-25-53(68)59(73)66(39-35-46-22-16-13-17-23-46)42-48-28-32-50(33-29-48)49-30-26-47(27-31-49)41-65(38-34-45-20-14-12-15-21-45)58(72)52-24-18-36-67(52)57(71)51(61(4,5)6)40-54(69)44(3)63-10/h12-17,20-23,26-33,43-44,51-53,55,63H,11,18-19,24-25,34-42H2,1-10H3,(H,64,70)/t43-,44+,51-,52+,53+,55-/m1/s1. The number of likely N-dealkylation sites (tertiary alicyclic amines) is 2. The number of amides is 5. The van der Waals surface area contributed by atoms with Crippen LogP contribution in [0.25, 0.3) is 11.1 Å². The first-order chi connectivity index (χ1) is 35.2. The van der Waals surface area contributed by atoms with Gasteiger partial charge >= 0.3 is 0 Å². The van der Waals surface area contributed by atoms with Crippen LogP contribution < -0.4 is 10.6 Å². The monoisotopic (exact) mass is 1010 g/mol. The Morgan fingerprint density at radius 3 is 1.42 bits per heavy atom. The molecule has 5 amide bonds. The predicted molar refractivity (Wildman–Crippen MR) is 294 cm³/mol. The summed E-state index contributed by atoms with van der Waals surface area (Å²) in [7, 11) is 1.75. The van der Waals surface area contributed by atoms with E-state index >= 15 is 0 Å². The SMILES string of the molecule is CC[C@@H](C)C(=O)N[C@H](C(=O)N1CCC[C@H]1C(=O)N(CCc1ccccc1)Cc1ccc(-c2ccc(CN(CCc3ccccc3)C(=O)[C@@H]3CCCN3C(=O)[C@@H](CC(=O)[C@H](C)NC)C(C)(C)C)cc2)cc1)C(C)(C)C. The van der Waals surface area contributed by atoms with Gasteiger partial charge in [0.05, 0.1) is 6.04 Å². The molecule has 0 spiro atoms. The number of hydrogen-bond donors (Lipinski definition) is 2. The topological polar surface area (TPSA) is 139 Å². The van der Waals surface area contributed by atoms with Gasteiger partial charge in [-0.25, -0.2) is 0 Å². The van der Waals surface area contributed by atoms with Crippen LogP contribution in [0.5, 0.6) is 0 Å². The number of ketones is 1. The van der Waals surface area contributed by atoms with E-state index in [1.165, 1.54) is 0 Å². The lowest BCUT2D eigenvalue weighted by atomic mass is 9.76. The van der Waals surface area contributed by atoms with E-state index in [1.807, 2.05) is 109 Å². The van der Waals surface area contributed by atoms with Crippen LogP contribution >= 0.6 is 0 Å². The largest absolute Gasteiger partial charge is 0.344 e. The first-order valence-electron chi connectivity index (χ1n) is 27.1. The van der Waals surface area contributed by atoms with Gasteiger partial charge in [-0.1, -0.05) is 165 Å². The number of carbonyl (C=O) groups is 6. The van der Waals surface area contributed by atoms with E-state index in [0.717, 1.165) is 39.8 Å². The molecule has 2 N–H and O–H groups in total. The van der Waals surface area contributed by atoms with Gasteiger partial charge in [0, 0.05) is 57.5 Å². The van der Waals surface area contributed by atoms with Crippen LogP contribution in [-0.4, -0.2) is 112 Å². The molecule has 6 rings (SSSR count). The van der Waals surface area contributed by atoms with E-state index in [1.54, 1.807) is 16.8 Å². The van der Waals surface area contributed by atoms with Crippen LogP contribution in [0.15, 0.2) is 109 Å². The molecule has 12 heteroatoms. The fourth-order valence-electron chi connectivity index (χ4n) is 10.2. The van der Waals surface area contributed by atoms with E-state index in [4.69, 9.17) is 0 Å². The first kappa shape index (κ1) is 57.1. The van der Waals surface area contributed by atoms with Crippen molar-refractivity contribution in [2.45, 2.75) is 151 Å². The van der Waals surface area contributed by atoms with Crippen molar-refractivity contribution in [2.75, 3.05) is 33.2 Å². The molecular weight excluding hydrogens is 925 g/mol. The molecule has 4 aromatic carbocycles. The first-order valence-corrected chi connectivity index (χ1v) is 27.1. The maximum absolute atomic E-state index is 14.7. The highest BCUT2D eigenvalue weighted by Crippen LogP contribution is 2.35. The van der Waals surface area contributed by atoms with Gasteiger partial charge in [0.2, 0.25) is 29.5 Å². The molecule has 74 heavy (non-hydrogen) atoms. The summed E-state index contributed by atoms with van der Waals surface area (Å²) in [5, 5.41) is 6.06. The highest BCUT2D eigenvalue weighted by Gasteiger charge is 2.45. The Hall–Kier alpha value is -6.14. The van der Waals surface area contributed by atoms with Crippen LogP contribution in [0.3, 0.4) is 0 Å². The molecule has 4 aromatic rings. The van der Waals surface area contributed by atoms with E-state index in [0.29, 0.717) is 77.8 Å². The normalized spacial score (nSPS) is 17.5. The highest BCUT2D eigenvalue weighted by molar-refractivity contribution is 5.94. The molecule has 2 aliphatic rings. The Morgan fingerprint density at radius 1 is 0.595 bits per heavy atom. The number of rotatable bonds is 22. The lowest BCUT2D eigenvalue weighted by Crippen LogP contribution is -2.58. The van der Waals surface area contributed by atoms with Crippen molar-refractivity contribution in [1.82, 2.24) is 30.2 Å². The van der Waals surface area contributed by atoms with Crippen molar-refractivity contribution >= 4 is 35.3 Å². The molecule has 12 nitrogen and oxygen atoms in total. The lowest BCUT2D eigenvalue weighted by molar-refractivity contribution is -0.149. The van der Waals surface area contributed by atoms with Crippen LogP contribution in [0.4, 0.5) is 0 Å². The van der Waals surface area contributed by atoms with Crippen LogP contribution in [0.2, 0.25) is 0 Å². The summed E-state index contributed by atoms with van der Waals surface area (Å²) in [5.41, 5.74) is 5.18. The van der Waals surface area contributed by atoms with Gasteiger partial charge in [-0.2, -0.15) is 0 Å². The molecule has 2 saturated heterocycles. The second-order valence-electron chi connectivity index (χ2n) is 23.0. The summed E-state index contributed by atoms with van der Waals surface area (Å²) in [6, 6.07) is 34.4. The third kappa shape index (κ3) is 15.0. The zero-order valence-electron chi connectivity index (χ0n) is 46.0. The molecule has 2 heterocycles. The van der Waals surface area contributed by atoms with Crippen molar-refractivity contribution in [3.8, 4) is 11.1 Å². The van der Waals surface area contributed by atoms with Gasteiger partial charge in [0.1, 0.15) is 23.9 Å². The summed E-state index contributed by atoms with van der Waals surface area (Å²) in [4.78, 5) is 91.7. The second kappa shape index (κ2) is 25.9. The summed E-state index contributed by atoms with van der Waals surface area (Å²) < 4.78 is 0. The summed E-state index contributed by atoms with van der Waals surface area (Å²) in [6.45, 7) is 20.1. The summed E-state index contributed by atoms with van der Waals surface area (Å²) in [6.07, 6.45) is 4.68. The molecule has 6 atom stereocenters. The number of nitrogens with one attached hydrogen (secondary N) is 2. The van der Waals surface area contributed by atoms with Crippen molar-refractivity contribution in [3.05, 3.63) is 131 Å². The van der Waals surface area contributed by atoms with E-state index in [9.17, 15) is 28.8 Å². The van der Waals surface area contributed by atoms with E-state index in [-0.39, 0.29) is 53.7 Å². The van der Waals surface area contributed by atoms with Crippen LogP contribution in [-0.2, 0) is 54.7 Å². The second-order valence-corrected chi connectivity index (χ2v) is 23.0. The van der Waals surface area contributed by atoms with E-state index in [2.05, 4.69) is 83.4 Å². The average Bonchev–Trinajstić information content (AvgIpc) is 4.10. The molecule has 0 saturated carbocycles. The quantitative estimate of drug-likeness (QED) is 0.0801. The minimum absolute atomic E-state index is 0.0157. The van der Waals surface area contributed by atoms with E-state index < -0.39 is 34.9 Å². The summed E-state index contributed by atoms with van der Waals surface area (Å²) in [5.74, 6) is -1.45. The van der Waals surface area contributed by atoms with Crippen molar-refractivity contribution < 1.29 is 28.8 Å². The number of benzene rings is 4. The third-order valence-electron chi connectivity index (χ3n) is 15.4. The molecule has 0 unspecified atom stereocenters. The molecule has 0 radical (unpaired) electrons. The minimum atomic E-state index is -0.762. The molecule has 0 aliphatic carbocycles. The van der Waals surface area contributed by atoms with Gasteiger partial charge in [-0.3, -0.25) is 28.8 Å². The number of likely N-dealkylation sites (N-methyl/N-ethyl adjacent to an activating group) is 1. The highest BCUT2D eigenvalue weighted by atomic mass is 16.2. The zero-order chi connectivity index (χ0) is 53.7. The molecule has 398 valence electrons. The minimum Gasteiger partial charge on any atom is -0.344 e. The Balaban J connectivity index is 1.18. The molecule has 2 aliphatic heterocycles. The van der Waals surface area contributed by atoms with Crippen molar-refractivity contribution in [2.24, 2.45) is 22.7 Å². The van der Waals surface area contributed by atoms with Gasteiger partial charge in [-0.15, -0.1) is 0 Å². The molecule has 0 bridgehead atoms. The maximum Gasteiger partial charge on any atom is 0.246 e. The maximum atomic E-state index is 14.7. The Kier molecular flexibility index (Phi) is 20.0. The lowest BCUT2D eigenvalue weighted by Gasteiger charge is -2.37. The zero-order valence-corrected chi connectivity index (χ0v) is 46.0. The smallest absolute Gasteiger partial charge is 0.246 e. The third-order valence-corrected chi connectivity index (χ3v) is 15.4. The van der Waals surface area contributed by atoms with Crippen molar-refractivity contribution in [3.63, 3.8) is 0 Å². The summed E-state index contributed by atoms with van der Waals surface area (Å²) >= 11 is 0. The number of carbonyl (C=O) groups excluding carboxylic acids is 6.